The number of carbonyl (C=O) groups is 1. The molecule has 1 unspecified atom stereocenters. The summed E-state index contributed by atoms with van der Waals surface area (Å²) in [4.78, 5) is 8.36. The van der Waals surface area contributed by atoms with Crippen molar-refractivity contribution in [3.05, 3.63) is 0 Å². The Morgan fingerprint density at radius 1 is 1.21 bits per heavy atom. The lowest BCUT2D eigenvalue weighted by Gasteiger charge is -2.04. The zero-order valence-electron chi connectivity index (χ0n) is 6.32. The molecule has 0 aromatic carbocycles. The number of hydrogen-bond donors (Lipinski definition) is 2. The Hall–Kier alpha value is -1.03. The van der Waals surface area contributed by atoms with Crippen LogP contribution in [0.15, 0.2) is 0 Å². The average molecular weight is 229 g/mol. The number of carboxylic acid groups (broad SMARTS) is 1. The van der Waals surface area contributed by atoms with Gasteiger partial charge in [-0.2, -0.15) is 26.3 Å². The number of ether oxygens (including phenoxy) is 1. The Kier molecular flexibility index (Phi) is 4.42. The van der Waals surface area contributed by atoms with E-state index >= 15 is 0 Å². The number of halogens is 6. The highest BCUT2D eigenvalue weighted by molar-refractivity contribution is 5.32. The third kappa shape index (κ3) is 2.48. The lowest BCUT2D eigenvalue weighted by molar-refractivity contribution is -0.231. The van der Waals surface area contributed by atoms with Crippen molar-refractivity contribution in [2.75, 3.05) is 0 Å². The Bertz CT molecular complexity index is 206. The quantitative estimate of drug-likeness (QED) is 0.376. The Morgan fingerprint density at radius 2 is 1.43 bits per heavy atom. The van der Waals surface area contributed by atoms with Gasteiger partial charge in [-0.1, -0.05) is 0 Å². The molecule has 0 aromatic heterocycles. The maximum Gasteiger partial charge on any atom is 0.458 e. The number of hydrogen-bond acceptors (Lipinski definition) is 3. The van der Waals surface area contributed by atoms with Gasteiger partial charge in [0.2, 0.25) is 0 Å². The fourth-order valence-corrected chi connectivity index (χ4v) is 0.374. The van der Waals surface area contributed by atoms with Gasteiger partial charge in [-0.15, -0.1) is 0 Å². The summed E-state index contributed by atoms with van der Waals surface area (Å²) in [6.45, 7) is -0.250. The first-order valence-corrected chi connectivity index (χ1v) is 2.54. The zero-order valence-corrected chi connectivity index (χ0v) is 6.32. The van der Waals surface area contributed by atoms with Gasteiger partial charge in [0.25, 0.3) is 6.47 Å². The molecule has 1 rings (SSSR count). The van der Waals surface area contributed by atoms with Crippen LogP contribution in [-0.2, 0) is 9.53 Å². The Balaban J connectivity index is 0. The fourth-order valence-electron chi connectivity index (χ4n) is 0.374. The van der Waals surface area contributed by atoms with Crippen molar-refractivity contribution in [3.8, 4) is 0 Å². The summed E-state index contributed by atoms with van der Waals surface area (Å²) < 4.78 is 70.4. The van der Waals surface area contributed by atoms with E-state index in [4.69, 9.17) is 9.90 Å². The van der Waals surface area contributed by atoms with Crippen molar-refractivity contribution in [2.45, 2.75) is 18.1 Å². The van der Waals surface area contributed by atoms with Crippen molar-refractivity contribution >= 4 is 6.47 Å². The van der Waals surface area contributed by atoms with Crippen LogP contribution in [0.2, 0.25) is 0 Å². The summed E-state index contributed by atoms with van der Waals surface area (Å²) in [5, 5.41) is 6.89. The van der Waals surface area contributed by atoms with Crippen LogP contribution >= 0.6 is 0 Å². The lowest BCUT2D eigenvalue weighted by Crippen LogP contribution is -2.32. The largest absolute Gasteiger partial charge is 0.483 e. The van der Waals surface area contributed by atoms with Crippen molar-refractivity contribution in [2.24, 2.45) is 0 Å². The van der Waals surface area contributed by atoms with Crippen molar-refractivity contribution < 1.29 is 41.0 Å². The molecule has 1 heterocycles. The van der Waals surface area contributed by atoms with Crippen LogP contribution in [-0.4, -0.2) is 29.7 Å². The first kappa shape index (κ1) is 15.4. The summed E-state index contributed by atoms with van der Waals surface area (Å²) in [7, 11) is 0. The second-order valence-electron chi connectivity index (χ2n) is 1.82. The summed E-state index contributed by atoms with van der Waals surface area (Å²) in [6.07, 6.45) is -10.4. The van der Waals surface area contributed by atoms with Gasteiger partial charge in [0, 0.05) is 0 Å². The maximum absolute atomic E-state index is 11.7. The molecule has 0 amide bonds. The topological polar surface area (TPSA) is 84.8 Å². The van der Waals surface area contributed by atoms with E-state index in [9.17, 15) is 26.3 Å². The highest BCUT2D eigenvalue weighted by atomic mass is 19.4. The molecule has 0 bridgehead atoms. The van der Waals surface area contributed by atoms with Crippen LogP contribution in [0.1, 0.15) is 0 Å². The standard InChI is InChI=1S/C3F6O.CH2O2.H3N/c4-1(2(5,6)7)3(8,9)10-1;2-1-3;/h;1H,(H,2,3);1H3. The van der Waals surface area contributed by atoms with Crippen LogP contribution in [0.5, 0.6) is 0 Å². The Morgan fingerprint density at radius 3 is 1.43 bits per heavy atom. The van der Waals surface area contributed by atoms with E-state index in [0.717, 1.165) is 0 Å². The van der Waals surface area contributed by atoms with E-state index in [-0.39, 0.29) is 12.6 Å². The highest BCUT2D eigenvalue weighted by Gasteiger charge is 2.90. The minimum absolute atomic E-state index is 0. The molecule has 0 aliphatic carbocycles. The molecule has 1 saturated heterocycles. The van der Waals surface area contributed by atoms with E-state index in [0.29, 0.717) is 0 Å². The van der Waals surface area contributed by atoms with Gasteiger partial charge in [-0.3, -0.25) is 9.53 Å². The predicted octanol–water partition coefficient (Wildman–Crippen LogP) is 1.70. The molecule has 86 valence electrons. The molecule has 0 spiro atoms. The fraction of sp³-hybridized carbons (Fsp3) is 0.750. The molecule has 0 radical (unpaired) electrons. The van der Waals surface area contributed by atoms with Crippen molar-refractivity contribution in [1.29, 1.82) is 0 Å². The van der Waals surface area contributed by atoms with Crippen LogP contribution < -0.4 is 6.15 Å². The molecule has 1 fully saturated rings. The number of epoxide rings is 1. The SMILES string of the molecule is FC(F)(F)C1(F)OC1(F)F.N.O=CO. The smallest absolute Gasteiger partial charge is 0.458 e. The normalized spacial score (nSPS) is 27.9. The molecule has 1 atom stereocenters. The van der Waals surface area contributed by atoms with Crippen molar-refractivity contribution in [1.82, 2.24) is 6.15 Å². The highest BCUT2D eigenvalue weighted by Crippen LogP contribution is 2.60. The maximum atomic E-state index is 11.7. The van der Waals surface area contributed by atoms with Gasteiger partial charge in [0.1, 0.15) is 0 Å². The summed E-state index contributed by atoms with van der Waals surface area (Å²) in [5.41, 5.74) is 0. The van der Waals surface area contributed by atoms with E-state index in [1.807, 2.05) is 0 Å². The second kappa shape index (κ2) is 4.00. The summed E-state index contributed by atoms with van der Waals surface area (Å²) in [5.74, 6) is -4.75. The van der Waals surface area contributed by atoms with E-state index in [1.165, 1.54) is 0 Å². The van der Waals surface area contributed by atoms with Gasteiger partial charge < -0.3 is 11.3 Å². The minimum atomic E-state index is -5.66. The zero-order chi connectivity index (χ0) is 10.9. The molecule has 4 nitrogen and oxygen atoms in total. The van der Waals surface area contributed by atoms with Crippen molar-refractivity contribution in [3.63, 3.8) is 0 Å². The van der Waals surface area contributed by atoms with Gasteiger partial charge in [-0.25, -0.2) is 0 Å². The summed E-state index contributed by atoms with van der Waals surface area (Å²) >= 11 is 0. The number of alkyl halides is 6. The molecule has 14 heavy (non-hydrogen) atoms. The van der Waals surface area contributed by atoms with Gasteiger partial charge in [-0.05, 0) is 0 Å². The monoisotopic (exact) mass is 229 g/mol. The van der Waals surface area contributed by atoms with Gasteiger partial charge in [0.05, 0.1) is 0 Å². The second-order valence-corrected chi connectivity index (χ2v) is 1.82. The first-order valence-electron chi connectivity index (χ1n) is 2.54. The predicted molar refractivity (Wildman–Crippen MR) is 29.6 cm³/mol. The van der Waals surface area contributed by atoms with E-state index in [2.05, 4.69) is 4.74 Å². The third-order valence-corrected chi connectivity index (χ3v) is 0.966. The molecule has 1 aliphatic heterocycles. The van der Waals surface area contributed by atoms with Gasteiger partial charge in [0.15, 0.2) is 0 Å². The lowest BCUT2D eigenvalue weighted by atomic mass is 10.4. The summed E-state index contributed by atoms with van der Waals surface area (Å²) in [6, 6.07) is 0. The van der Waals surface area contributed by atoms with Crippen LogP contribution in [0, 0.1) is 0 Å². The average Bonchev–Trinajstić information content (AvgIpc) is 2.33. The molecule has 0 saturated carbocycles. The Labute approximate surface area is 73.0 Å². The van der Waals surface area contributed by atoms with Crippen LogP contribution in [0.25, 0.3) is 0 Å². The molecule has 1 aliphatic rings. The minimum Gasteiger partial charge on any atom is -0.483 e. The third-order valence-electron chi connectivity index (χ3n) is 0.966. The molecular weight excluding hydrogens is 224 g/mol. The molecular formula is C4H5F6NO3. The number of rotatable bonds is 0. The first-order chi connectivity index (χ1) is 5.62. The van der Waals surface area contributed by atoms with E-state index < -0.39 is 18.1 Å². The molecule has 0 aromatic rings. The van der Waals surface area contributed by atoms with Crippen LogP contribution in [0.3, 0.4) is 0 Å². The van der Waals surface area contributed by atoms with E-state index in [1.54, 1.807) is 0 Å². The van der Waals surface area contributed by atoms with Crippen LogP contribution in [0.4, 0.5) is 26.3 Å². The van der Waals surface area contributed by atoms with Gasteiger partial charge >= 0.3 is 18.1 Å². The molecule has 4 N–H and O–H groups in total. The molecule has 10 heteroatoms.